The first-order valence-electron chi connectivity index (χ1n) is 11.1. The van der Waals surface area contributed by atoms with Crippen LogP contribution in [0.15, 0.2) is 56.8 Å². The molecule has 1 heterocycles. The molecule has 6 heteroatoms. The Bertz CT molecular complexity index is 1150. The van der Waals surface area contributed by atoms with Gasteiger partial charge in [-0.05, 0) is 56.5 Å². The van der Waals surface area contributed by atoms with E-state index < -0.39 is 0 Å². The third-order valence-corrected chi connectivity index (χ3v) is 6.43. The van der Waals surface area contributed by atoms with Gasteiger partial charge >= 0.3 is 0 Å². The molecule has 3 aromatic rings. The Morgan fingerprint density at radius 2 is 2.00 bits per heavy atom. The van der Waals surface area contributed by atoms with Crippen LogP contribution in [0, 0.1) is 0 Å². The van der Waals surface area contributed by atoms with Gasteiger partial charge in [0.25, 0.3) is 5.56 Å². The summed E-state index contributed by atoms with van der Waals surface area (Å²) in [5.74, 6) is 1.78. The highest BCUT2D eigenvalue weighted by atomic mass is 79.9. The van der Waals surface area contributed by atoms with Crippen molar-refractivity contribution in [1.29, 1.82) is 0 Å². The second kappa shape index (κ2) is 9.77. The summed E-state index contributed by atoms with van der Waals surface area (Å²) in [6.45, 7) is 4.14. The Hall–Kier alpha value is -2.47. The summed E-state index contributed by atoms with van der Waals surface area (Å²) in [6.07, 6.45) is 8.38. The highest BCUT2D eigenvalue weighted by molar-refractivity contribution is 9.10. The Morgan fingerprint density at radius 3 is 2.77 bits per heavy atom. The average molecular weight is 482 g/mol. The topological polar surface area (TPSA) is 56.5 Å². The van der Waals surface area contributed by atoms with Crippen LogP contribution < -0.4 is 10.3 Å². The molecule has 1 aliphatic rings. The van der Waals surface area contributed by atoms with E-state index in [-0.39, 0.29) is 17.6 Å². The van der Waals surface area contributed by atoms with Crippen LogP contribution in [0.25, 0.3) is 10.9 Å². The van der Waals surface area contributed by atoms with E-state index in [4.69, 9.17) is 9.72 Å². The van der Waals surface area contributed by atoms with E-state index in [2.05, 4.69) is 28.0 Å². The molecule has 1 fully saturated rings. The lowest BCUT2D eigenvalue weighted by Crippen LogP contribution is -2.25. The standard InChI is InChI=1S/C25H28BrN3O2/c1-3-17(2)31-23-12-8-7-11-19(23)16-27-29-24(18-9-5-4-6-10-18)28-22-14-13-20(26)15-21(22)25(29)30/h7-8,11-18H,3-6,9-10H2,1-2H3/t17-/m0/s1. The van der Waals surface area contributed by atoms with Crippen LogP contribution in [-0.4, -0.2) is 22.0 Å². The van der Waals surface area contributed by atoms with Gasteiger partial charge in [-0.1, -0.05) is 54.2 Å². The molecule has 4 rings (SSSR count). The molecule has 0 amide bonds. The molecule has 1 saturated carbocycles. The molecule has 1 atom stereocenters. The molecule has 0 N–H and O–H groups in total. The summed E-state index contributed by atoms with van der Waals surface area (Å²) in [4.78, 5) is 18.3. The number of benzene rings is 2. The van der Waals surface area contributed by atoms with Crippen molar-refractivity contribution in [3.63, 3.8) is 0 Å². The number of para-hydroxylation sites is 1. The molecular formula is C25H28BrN3O2. The molecule has 5 nitrogen and oxygen atoms in total. The van der Waals surface area contributed by atoms with Crippen molar-refractivity contribution in [3.05, 3.63) is 68.7 Å². The summed E-state index contributed by atoms with van der Waals surface area (Å²) < 4.78 is 8.40. The summed E-state index contributed by atoms with van der Waals surface area (Å²) >= 11 is 3.47. The Balaban J connectivity index is 1.81. The molecule has 0 bridgehead atoms. The van der Waals surface area contributed by atoms with Gasteiger partial charge in [-0.25, -0.2) is 4.98 Å². The first kappa shape index (κ1) is 21.8. The molecule has 1 aromatic heterocycles. The number of aromatic nitrogens is 2. The van der Waals surface area contributed by atoms with E-state index in [0.29, 0.717) is 5.39 Å². The number of rotatable bonds is 6. The Kier molecular flexibility index (Phi) is 6.86. The second-order valence-corrected chi connectivity index (χ2v) is 9.12. The lowest BCUT2D eigenvalue weighted by Gasteiger charge is -2.22. The molecule has 0 spiro atoms. The smallest absolute Gasteiger partial charge is 0.282 e. The van der Waals surface area contributed by atoms with Crippen molar-refractivity contribution in [3.8, 4) is 5.75 Å². The second-order valence-electron chi connectivity index (χ2n) is 8.20. The molecule has 0 unspecified atom stereocenters. The van der Waals surface area contributed by atoms with Gasteiger partial charge in [0.05, 0.1) is 23.2 Å². The highest BCUT2D eigenvalue weighted by Gasteiger charge is 2.22. The number of hydrogen-bond donors (Lipinski definition) is 0. The van der Waals surface area contributed by atoms with Crippen molar-refractivity contribution in [1.82, 2.24) is 9.66 Å². The van der Waals surface area contributed by atoms with Gasteiger partial charge in [0, 0.05) is 16.0 Å². The number of ether oxygens (including phenoxy) is 1. The van der Waals surface area contributed by atoms with E-state index in [1.165, 1.54) is 11.1 Å². The largest absolute Gasteiger partial charge is 0.490 e. The quantitative estimate of drug-likeness (QED) is 0.390. The van der Waals surface area contributed by atoms with Crippen LogP contribution >= 0.6 is 15.9 Å². The predicted molar refractivity (Wildman–Crippen MR) is 129 cm³/mol. The minimum Gasteiger partial charge on any atom is -0.490 e. The number of nitrogens with zero attached hydrogens (tertiary/aromatic N) is 3. The third-order valence-electron chi connectivity index (χ3n) is 5.94. The van der Waals surface area contributed by atoms with E-state index in [9.17, 15) is 4.79 Å². The zero-order chi connectivity index (χ0) is 21.8. The number of fused-ring (bicyclic) bond motifs is 1. The van der Waals surface area contributed by atoms with Crippen molar-refractivity contribution in [2.75, 3.05) is 0 Å². The minimum atomic E-state index is -0.136. The first-order chi connectivity index (χ1) is 15.1. The maximum atomic E-state index is 13.4. The van der Waals surface area contributed by atoms with E-state index in [0.717, 1.165) is 59.2 Å². The minimum absolute atomic E-state index is 0.106. The van der Waals surface area contributed by atoms with Gasteiger partial charge in [0.15, 0.2) is 0 Å². The zero-order valence-electron chi connectivity index (χ0n) is 18.1. The lowest BCUT2D eigenvalue weighted by atomic mass is 9.88. The van der Waals surface area contributed by atoms with Gasteiger partial charge < -0.3 is 4.74 Å². The van der Waals surface area contributed by atoms with Crippen LogP contribution in [0.2, 0.25) is 0 Å². The molecule has 0 radical (unpaired) electrons. The van der Waals surface area contributed by atoms with Gasteiger partial charge in [0.1, 0.15) is 11.6 Å². The zero-order valence-corrected chi connectivity index (χ0v) is 19.6. The fraction of sp³-hybridized carbons (Fsp3) is 0.400. The van der Waals surface area contributed by atoms with E-state index in [1.54, 1.807) is 6.21 Å². The first-order valence-corrected chi connectivity index (χ1v) is 11.9. The fourth-order valence-electron chi connectivity index (χ4n) is 4.02. The molecule has 2 aromatic carbocycles. The monoisotopic (exact) mass is 481 g/mol. The Morgan fingerprint density at radius 1 is 1.23 bits per heavy atom. The molecule has 0 aliphatic heterocycles. The van der Waals surface area contributed by atoms with Crippen molar-refractivity contribution < 1.29 is 4.74 Å². The van der Waals surface area contributed by atoms with Gasteiger partial charge in [-0.15, -0.1) is 0 Å². The number of hydrogen-bond acceptors (Lipinski definition) is 4. The third kappa shape index (κ3) is 4.90. The van der Waals surface area contributed by atoms with Gasteiger partial charge in [-0.3, -0.25) is 4.79 Å². The molecule has 0 saturated heterocycles. The average Bonchev–Trinajstić information content (AvgIpc) is 2.80. The number of halogens is 1. The fourth-order valence-corrected chi connectivity index (χ4v) is 4.38. The van der Waals surface area contributed by atoms with Crippen LogP contribution in [0.5, 0.6) is 5.75 Å². The Labute approximate surface area is 191 Å². The summed E-state index contributed by atoms with van der Waals surface area (Å²) in [6, 6.07) is 13.4. The van der Waals surface area contributed by atoms with Crippen molar-refractivity contribution in [2.45, 2.75) is 64.4 Å². The summed E-state index contributed by atoms with van der Waals surface area (Å²) in [5, 5.41) is 5.21. The van der Waals surface area contributed by atoms with E-state index >= 15 is 0 Å². The summed E-state index contributed by atoms with van der Waals surface area (Å²) in [5.41, 5.74) is 1.43. The van der Waals surface area contributed by atoms with E-state index in [1.807, 2.05) is 49.4 Å². The normalized spacial score (nSPS) is 16.1. The molecular weight excluding hydrogens is 454 g/mol. The van der Waals surface area contributed by atoms with Crippen LogP contribution in [0.3, 0.4) is 0 Å². The molecule has 31 heavy (non-hydrogen) atoms. The van der Waals surface area contributed by atoms with Crippen LogP contribution in [0.1, 0.15) is 69.7 Å². The van der Waals surface area contributed by atoms with Crippen LogP contribution in [0.4, 0.5) is 0 Å². The SMILES string of the molecule is CC[C@H](C)Oc1ccccc1C=Nn1c(C2CCCCC2)nc2ccc(Br)cc2c1=O. The molecule has 162 valence electrons. The van der Waals surface area contributed by atoms with Crippen LogP contribution in [-0.2, 0) is 0 Å². The lowest BCUT2D eigenvalue weighted by molar-refractivity contribution is 0.217. The van der Waals surface area contributed by atoms with Crippen molar-refractivity contribution >= 4 is 33.0 Å². The maximum Gasteiger partial charge on any atom is 0.282 e. The molecule has 1 aliphatic carbocycles. The maximum absolute atomic E-state index is 13.4. The van der Waals surface area contributed by atoms with Gasteiger partial charge in [0.2, 0.25) is 0 Å². The highest BCUT2D eigenvalue weighted by Crippen LogP contribution is 2.32. The predicted octanol–water partition coefficient (Wildman–Crippen LogP) is 6.27. The van der Waals surface area contributed by atoms with Crippen molar-refractivity contribution in [2.24, 2.45) is 5.10 Å². The summed E-state index contributed by atoms with van der Waals surface area (Å²) in [7, 11) is 0. The van der Waals surface area contributed by atoms with Gasteiger partial charge in [-0.2, -0.15) is 9.78 Å².